The van der Waals surface area contributed by atoms with Crippen LogP contribution in [0.2, 0.25) is 5.02 Å². The van der Waals surface area contributed by atoms with Crippen LogP contribution in [0.25, 0.3) is 0 Å². The minimum absolute atomic E-state index is 0.159. The predicted octanol–water partition coefficient (Wildman–Crippen LogP) is 4.69. The molecular formula is C14H8BrClINO3. The van der Waals surface area contributed by atoms with E-state index < -0.39 is 0 Å². The van der Waals surface area contributed by atoms with Gasteiger partial charge in [0.15, 0.2) is 11.5 Å². The molecule has 0 aromatic heterocycles. The first-order valence-corrected chi connectivity index (χ1v) is 8.15. The summed E-state index contributed by atoms with van der Waals surface area (Å²) in [5.74, 6) is 0.912. The largest absolute Gasteiger partial charge is 0.454 e. The highest BCUT2D eigenvalue weighted by atomic mass is 127. The lowest BCUT2D eigenvalue weighted by Gasteiger charge is -2.10. The van der Waals surface area contributed by atoms with Crippen molar-refractivity contribution in [3.05, 3.63) is 49.0 Å². The lowest BCUT2D eigenvalue weighted by Crippen LogP contribution is -2.13. The number of carbonyl (C=O) groups excluding carboxylic acids is 1. The molecule has 0 aliphatic carbocycles. The number of anilines is 1. The summed E-state index contributed by atoms with van der Waals surface area (Å²) in [5, 5.41) is 3.19. The standard InChI is InChI=1S/C14H8BrClINO3/c15-7-1-2-10(17)8(3-7)14(19)18-11-5-13-12(4-9(11)16)20-6-21-13/h1-5H,6H2,(H,18,19). The molecule has 3 rings (SSSR count). The molecule has 0 bridgehead atoms. The first-order valence-electron chi connectivity index (χ1n) is 5.90. The molecule has 0 atom stereocenters. The number of rotatable bonds is 2. The van der Waals surface area contributed by atoms with Crippen LogP contribution < -0.4 is 14.8 Å². The highest BCUT2D eigenvalue weighted by Crippen LogP contribution is 2.39. The van der Waals surface area contributed by atoms with Gasteiger partial charge in [0, 0.05) is 20.2 Å². The molecule has 7 heteroatoms. The molecule has 0 radical (unpaired) electrons. The van der Waals surface area contributed by atoms with E-state index in [0.29, 0.717) is 27.8 Å². The minimum atomic E-state index is -0.235. The van der Waals surface area contributed by atoms with Gasteiger partial charge in [0.1, 0.15) is 0 Å². The maximum atomic E-state index is 12.4. The third kappa shape index (κ3) is 3.12. The maximum absolute atomic E-state index is 12.4. The molecule has 1 aliphatic heterocycles. The van der Waals surface area contributed by atoms with Gasteiger partial charge in [0.05, 0.1) is 16.3 Å². The van der Waals surface area contributed by atoms with E-state index in [2.05, 4.69) is 43.8 Å². The van der Waals surface area contributed by atoms with Crippen molar-refractivity contribution < 1.29 is 14.3 Å². The SMILES string of the molecule is O=C(Nc1cc2c(cc1Cl)OCO2)c1cc(Br)ccc1I. The molecule has 2 aromatic carbocycles. The van der Waals surface area contributed by atoms with Crippen LogP contribution in [0.1, 0.15) is 10.4 Å². The molecule has 1 N–H and O–H groups in total. The maximum Gasteiger partial charge on any atom is 0.256 e. The van der Waals surface area contributed by atoms with Crippen LogP contribution in [0.15, 0.2) is 34.8 Å². The van der Waals surface area contributed by atoms with Crippen LogP contribution in [0.4, 0.5) is 5.69 Å². The van der Waals surface area contributed by atoms with E-state index >= 15 is 0 Å². The molecule has 0 fully saturated rings. The van der Waals surface area contributed by atoms with Gasteiger partial charge in [-0.2, -0.15) is 0 Å². The summed E-state index contributed by atoms with van der Waals surface area (Å²) >= 11 is 11.6. The zero-order chi connectivity index (χ0) is 15.0. The molecular weight excluding hydrogens is 472 g/mol. The topological polar surface area (TPSA) is 47.6 Å². The fourth-order valence-electron chi connectivity index (χ4n) is 1.87. The molecule has 108 valence electrons. The Morgan fingerprint density at radius 3 is 2.71 bits per heavy atom. The Bertz CT molecular complexity index is 738. The predicted molar refractivity (Wildman–Crippen MR) is 92.4 cm³/mol. The van der Waals surface area contributed by atoms with Gasteiger partial charge in [-0.25, -0.2) is 0 Å². The Balaban J connectivity index is 1.90. The number of hydrogen-bond donors (Lipinski definition) is 1. The Morgan fingerprint density at radius 2 is 1.95 bits per heavy atom. The van der Waals surface area contributed by atoms with E-state index in [1.54, 1.807) is 18.2 Å². The number of fused-ring (bicyclic) bond motifs is 1. The van der Waals surface area contributed by atoms with Crippen LogP contribution in [0, 0.1) is 3.57 Å². The monoisotopic (exact) mass is 479 g/mol. The van der Waals surface area contributed by atoms with E-state index in [4.69, 9.17) is 21.1 Å². The molecule has 0 saturated heterocycles. The Labute approximate surface area is 148 Å². The van der Waals surface area contributed by atoms with Crippen molar-refractivity contribution in [1.29, 1.82) is 0 Å². The van der Waals surface area contributed by atoms with Crippen molar-refractivity contribution >= 4 is 61.7 Å². The summed E-state index contributed by atoms with van der Waals surface area (Å²) in [6.45, 7) is 0.159. The van der Waals surface area contributed by atoms with Crippen LogP contribution in [-0.2, 0) is 0 Å². The fourth-order valence-corrected chi connectivity index (χ4v) is 3.02. The Kier molecular flexibility index (Phi) is 4.28. The number of halogens is 3. The second-order valence-corrected chi connectivity index (χ2v) is 6.75. The summed E-state index contributed by atoms with van der Waals surface area (Å²) < 4.78 is 12.2. The smallest absolute Gasteiger partial charge is 0.256 e. The fraction of sp³-hybridized carbons (Fsp3) is 0.0714. The van der Waals surface area contributed by atoms with Crippen molar-refractivity contribution in [1.82, 2.24) is 0 Å². The number of ether oxygens (including phenoxy) is 2. The molecule has 2 aromatic rings. The number of nitrogens with one attached hydrogen (secondary N) is 1. The summed E-state index contributed by atoms with van der Waals surface area (Å²) in [6.07, 6.45) is 0. The van der Waals surface area contributed by atoms with E-state index in [0.717, 1.165) is 8.04 Å². The molecule has 1 heterocycles. The Hall–Kier alpha value is -0.990. The summed E-state index contributed by atoms with van der Waals surface area (Å²) in [6, 6.07) is 8.80. The molecule has 1 aliphatic rings. The van der Waals surface area contributed by atoms with E-state index in [1.807, 2.05) is 12.1 Å². The summed E-state index contributed by atoms with van der Waals surface area (Å²) in [5.41, 5.74) is 1.06. The third-order valence-corrected chi connectivity index (χ3v) is 4.63. The molecule has 1 amide bonds. The zero-order valence-electron chi connectivity index (χ0n) is 10.5. The van der Waals surface area contributed by atoms with Gasteiger partial charge in [0.2, 0.25) is 6.79 Å². The molecule has 21 heavy (non-hydrogen) atoms. The van der Waals surface area contributed by atoms with E-state index in [9.17, 15) is 4.79 Å². The first kappa shape index (κ1) is 14.9. The van der Waals surface area contributed by atoms with Gasteiger partial charge < -0.3 is 14.8 Å². The molecule has 4 nitrogen and oxygen atoms in total. The molecule has 0 saturated carbocycles. The van der Waals surface area contributed by atoms with Crippen molar-refractivity contribution in [3.63, 3.8) is 0 Å². The number of benzene rings is 2. The average molecular weight is 480 g/mol. The van der Waals surface area contributed by atoms with E-state index in [-0.39, 0.29) is 12.7 Å². The highest BCUT2D eigenvalue weighted by Gasteiger charge is 2.19. The number of hydrogen-bond acceptors (Lipinski definition) is 3. The Morgan fingerprint density at radius 1 is 1.24 bits per heavy atom. The minimum Gasteiger partial charge on any atom is -0.454 e. The average Bonchev–Trinajstić information content (AvgIpc) is 2.88. The van der Waals surface area contributed by atoms with Gasteiger partial charge >= 0.3 is 0 Å². The molecule has 0 unspecified atom stereocenters. The number of carbonyl (C=O) groups is 1. The van der Waals surface area contributed by atoms with Crippen LogP contribution in [0.3, 0.4) is 0 Å². The van der Waals surface area contributed by atoms with Gasteiger partial charge in [0.25, 0.3) is 5.91 Å². The summed E-state index contributed by atoms with van der Waals surface area (Å²) in [7, 11) is 0. The van der Waals surface area contributed by atoms with Gasteiger partial charge in [-0.15, -0.1) is 0 Å². The van der Waals surface area contributed by atoms with Gasteiger partial charge in [-0.05, 0) is 40.8 Å². The van der Waals surface area contributed by atoms with Crippen molar-refractivity contribution in [2.24, 2.45) is 0 Å². The normalized spacial score (nSPS) is 12.3. The van der Waals surface area contributed by atoms with Crippen LogP contribution >= 0.6 is 50.1 Å². The first-order chi connectivity index (χ1) is 10.0. The van der Waals surface area contributed by atoms with Gasteiger partial charge in [-0.1, -0.05) is 27.5 Å². The third-order valence-electron chi connectivity index (χ3n) is 2.88. The lowest BCUT2D eigenvalue weighted by atomic mass is 10.2. The highest BCUT2D eigenvalue weighted by molar-refractivity contribution is 14.1. The van der Waals surface area contributed by atoms with Gasteiger partial charge in [-0.3, -0.25) is 4.79 Å². The van der Waals surface area contributed by atoms with Crippen molar-refractivity contribution in [3.8, 4) is 11.5 Å². The van der Waals surface area contributed by atoms with E-state index in [1.165, 1.54) is 0 Å². The zero-order valence-corrected chi connectivity index (χ0v) is 15.0. The van der Waals surface area contributed by atoms with Crippen molar-refractivity contribution in [2.45, 2.75) is 0 Å². The quantitative estimate of drug-likeness (QED) is 0.635. The number of amides is 1. The molecule has 0 spiro atoms. The van der Waals surface area contributed by atoms with Crippen LogP contribution in [-0.4, -0.2) is 12.7 Å². The second kappa shape index (κ2) is 6.02. The van der Waals surface area contributed by atoms with Crippen LogP contribution in [0.5, 0.6) is 11.5 Å². The summed E-state index contributed by atoms with van der Waals surface area (Å²) in [4.78, 5) is 12.4. The lowest BCUT2D eigenvalue weighted by molar-refractivity contribution is 0.102. The van der Waals surface area contributed by atoms with Crippen molar-refractivity contribution in [2.75, 3.05) is 12.1 Å². The second-order valence-electron chi connectivity index (χ2n) is 4.26.